The normalized spacial score (nSPS) is 15.6. The van der Waals surface area contributed by atoms with E-state index in [0.29, 0.717) is 6.07 Å². The number of urea groups is 1. The molecule has 0 aliphatic carbocycles. The number of nitrogens with zero attached hydrogens (tertiary/aromatic N) is 2. The summed E-state index contributed by atoms with van der Waals surface area (Å²) < 4.78 is 38.5. The van der Waals surface area contributed by atoms with Crippen LogP contribution < -0.4 is 5.32 Å². The number of aliphatic carboxylic acids is 1. The molecule has 0 spiro atoms. The summed E-state index contributed by atoms with van der Waals surface area (Å²) in [6.07, 6.45) is -4.17. The van der Waals surface area contributed by atoms with E-state index in [9.17, 15) is 32.9 Å². The van der Waals surface area contributed by atoms with Crippen molar-refractivity contribution in [3.05, 3.63) is 39.4 Å². The van der Waals surface area contributed by atoms with Gasteiger partial charge in [0.05, 0.1) is 16.4 Å². The largest absolute Gasteiger partial charge is 0.481 e. The van der Waals surface area contributed by atoms with Crippen molar-refractivity contribution in [1.29, 1.82) is 0 Å². The third-order valence-electron chi connectivity index (χ3n) is 4.09. The highest BCUT2D eigenvalue weighted by Gasteiger charge is 2.33. The molecular formula is C15H16F3N3O5. The van der Waals surface area contributed by atoms with Crippen LogP contribution in [0.4, 0.5) is 23.7 Å². The number of carboxylic acid groups (broad SMARTS) is 1. The van der Waals surface area contributed by atoms with Crippen LogP contribution in [0.5, 0.6) is 0 Å². The highest BCUT2D eigenvalue weighted by atomic mass is 19.4. The molecule has 1 fully saturated rings. The van der Waals surface area contributed by atoms with Crippen molar-refractivity contribution in [1.82, 2.24) is 10.2 Å². The van der Waals surface area contributed by atoms with Gasteiger partial charge in [0.1, 0.15) is 0 Å². The Morgan fingerprint density at radius 3 is 2.38 bits per heavy atom. The highest BCUT2D eigenvalue weighted by Crippen LogP contribution is 2.32. The monoisotopic (exact) mass is 375 g/mol. The number of piperidine rings is 1. The lowest BCUT2D eigenvalue weighted by Gasteiger charge is -2.30. The summed E-state index contributed by atoms with van der Waals surface area (Å²) in [5.74, 6) is -1.45. The van der Waals surface area contributed by atoms with Crippen LogP contribution in [0.15, 0.2) is 18.2 Å². The van der Waals surface area contributed by atoms with Crippen LogP contribution in [0.2, 0.25) is 0 Å². The van der Waals surface area contributed by atoms with Gasteiger partial charge in [-0.25, -0.2) is 4.79 Å². The van der Waals surface area contributed by atoms with Gasteiger partial charge in [-0.3, -0.25) is 14.9 Å². The number of alkyl halides is 3. The zero-order chi connectivity index (χ0) is 19.5. The Hall–Kier alpha value is -2.85. The maximum atomic E-state index is 12.8. The standard InChI is InChI=1S/C15H16F3N3O5/c16-15(17,18)11-5-9(6-12(7-11)21(25)26)8-19-14(24)20-3-1-10(2-4-20)13(22)23/h5-7,10H,1-4,8H2,(H,19,24)(H,22,23). The Labute approximate surface area is 145 Å². The van der Waals surface area contributed by atoms with E-state index in [0.717, 1.165) is 12.1 Å². The molecule has 0 saturated carbocycles. The molecule has 1 saturated heterocycles. The lowest BCUT2D eigenvalue weighted by molar-refractivity contribution is -0.385. The molecule has 1 heterocycles. The molecular weight excluding hydrogens is 359 g/mol. The number of benzene rings is 1. The average molecular weight is 375 g/mol. The van der Waals surface area contributed by atoms with E-state index >= 15 is 0 Å². The van der Waals surface area contributed by atoms with Crippen LogP contribution in [0.1, 0.15) is 24.0 Å². The van der Waals surface area contributed by atoms with Crippen molar-refractivity contribution in [2.24, 2.45) is 5.92 Å². The number of halogens is 3. The summed E-state index contributed by atoms with van der Waals surface area (Å²) in [5, 5.41) is 22.1. The fraction of sp³-hybridized carbons (Fsp3) is 0.467. The first-order valence-electron chi connectivity index (χ1n) is 7.69. The molecule has 1 aromatic carbocycles. The number of hydrogen-bond acceptors (Lipinski definition) is 4. The fourth-order valence-corrected chi connectivity index (χ4v) is 2.66. The first-order valence-corrected chi connectivity index (χ1v) is 7.69. The van der Waals surface area contributed by atoms with Crippen molar-refractivity contribution >= 4 is 17.7 Å². The number of rotatable bonds is 4. The number of non-ortho nitro benzene ring substituents is 1. The molecule has 1 aliphatic heterocycles. The predicted molar refractivity (Wildman–Crippen MR) is 82.3 cm³/mol. The number of carbonyl (C=O) groups excluding carboxylic acids is 1. The SMILES string of the molecule is O=C(O)C1CCN(C(=O)NCc2cc([N+](=O)[O-])cc(C(F)(F)F)c2)CC1. The Bertz CT molecular complexity index is 715. The Kier molecular flexibility index (Phi) is 5.68. The molecule has 11 heteroatoms. The van der Waals surface area contributed by atoms with Gasteiger partial charge >= 0.3 is 18.2 Å². The van der Waals surface area contributed by atoms with E-state index in [2.05, 4.69) is 5.32 Å². The number of likely N-dealkylation sites (tertiary alicyclic amines) is 1. The molecule has 142 valence electrons. The van der Waals surface area contributed by atoms with Crippen molar-refractivity contribution in [2.45, 2.75) is 25.6 Å². The Balaban J connectivity index is 2.02. The molecule has 2 rings (SSSR count). The van der Waals surface area contributed by atoms with Crippen molar-refractivity contribution in [3.63, 3.8) is 0 Å². The minimum atomic E-state index is -4.75. The maximum absolute atomic E-state index is 12.8. The van der Waals surface area contributed by atoms with E-state index in [1.165, 1.54) is 4.90 Å². The van der Waals surface area contributed by atoms with Gasteiger partial charge in [0, 0.05) is 31.8 Å². The van der Waals surface area contributed by atoms with Gasteiger partial charge in [0.25, 0.3) is 5.69 Å². The average Bonchev–Trinajstić information content (AvgIpc) is 2.58. The third kappa shape index (κ3) is 4.83. The van der Waals surface area contributed by atoms with Gasteiger partial charge in [0.2, 0.25) is 0 Å². The lowest BCUT2D eigenvalue weighted by Crippen LogP contribution is -2.45. The lowest BCUT2D eigenvalue weighted by atomic mass is 9.97. The summed E-state index contributed by atoms with van der Waals surface area (Å²) in [7, 11) is 0. The Morgan fingerprint density at radius 2 is 1.88 bits per heavy atom. The molecule has 1 aliphatic rings. The molecule has 0 bridgehead atoms. The van der Waals surface area contributed by atoms with Crippen LogP contribution >= 0.6 is 0 Å². The van der Waals surface area contributed by atoms with Crippen LogP contribution in [0.25, 0.3) is 0 Å². The van der Waals surface area contributed by atoms with E-state index in [1.807, 2.05) is 0 Å². The molecule has 2 N–H and O–H groups in total. The third-order valence-corrected chi connectivity index (χ3v) is 4.09. The number of nitrogens with one attached hydrogen (secondary N) is 1. The van der Waals surface area contributed by atoms with Gasteiger partial charge in [-0.2, -0.15) is 13.2 Å². The summed E-state index contributed by atoms with van der Waals surface area (Å²) in [6.45, 7) is 0.111. The minimum Gasteiger partial charge on any atom is -0.481 e. The molecule has 0 atom stereocenters. The van der Waals surface area contributed by atoms with Crippen molar-refractivity contribution in [2.75, 3.05) is 13.1 Å². The first kappa shape index (κ1) is 19.5. The summed E-state index contributed by atoms with van der Waals surface area (Å²) in [4.78, 5) is 34.2. The topological polar surface area (TPSA) is 113 Å². The van der Waals surface area contributed by atoms with Crippen LogP contribution in [0.3, 0.4) is 0 Å². The number of carboxylic acids is 1. The van der Waals surface area contributed by atoms with Gasteiger partial charge in [0.15, 0.2) is 0 Å². The van der Waals surface area contributed by atoms with Gasteiger partial charge in [-0.15, -0.1) is 0 Å². The maximum Gasteiger partial charge on any atom is 0.416 e. The minimum absolute atomic E-state index is 0.0553. The molecule has 0 radical (unpaired) electrons. The second-order valence-corrected chi connectivity index (χ2v) is 5.90. The van der Waals surface area contributed by atoms with Gasteiger partial charge in [-0.05, 0) is 24.5 Å². The number of hydrogen-bond donors (Lipinski definition) is 2. The summed E-state index contributed by atoms with van der Waals surface area (Å²) in [5.41, 5.74) is -1.94. The first-order chi connectivity index (χ1) is 12.1. The molecule has 1 aromatic rings. The second kappa shape index (κ2) is 7.58. The van der Waals surface area contributed by atoms with Crippen molar-refractivity contribution < 1.29 is 32.8 Å². The molecule has 8 nitrogen and oxygen atoms in total. The number of carbonyl (C=O) groups is 2. The molecule has 2 amide bonds. The van der Waals surface area contributed by atoms with Crippen LogP contribution in [-0.2, 0) is 17.5 Å². The zero-order valence-electron chi connectivity index (χ0n) is 13.5. The van der Waals surface area contributed by atoms with Crippen LogP contribution in [-0.4, -0.2) is 40.0 Å². The van der Waals surface area contributed by atoms with Crippen LogP contribution in [0, 0.1) is 16.0 Å². The van der Waals surface area contributed by atoms with E-state index in [-0.39, 0.29) is 38.0 Å². The zero-order valence-corrected chi connectivity index (χ0v) is 13.5. The molecule has 0 unspecified atom stereocenters. The van der Waals surface area contributed by atoms with E-state index in [4.69, 9.17) is 5.11 Å². The number of nitro benzene ring substituents is 1. The Morgan fingerprint density at radius 1 is 1.27 bits per heavy atom. The number of nitro groups is 1. The summed E-state index contributed by atoms with van der Waals surface area (Å²) in [6, 6.07) is 1.58. The quantitative estimate of drug-likeness (QED) is 0.620. The highest BCUT2D eigenvalue weighted by molar-refractivity contribution is 5.75. The predicted octanol–water partition coefficient (Wildman–Crippen LogP) is 2.62. The molecule has 26 heavy (non-hydrogen) atoms. The van der Waals surface area contributed by atoms with E-state index in [1.54, 1.807) is 0 Å². The second-order valence-electron chi connectivity index (χ2n) is 5.90. The fourth-order valence-electron chi connectivity index (χ4n) is 2.66. The van der Waals surface area contributed by atoms with Crippen molar-refractivity contribution in [3.8, 4) is 0 Å². The van der Waals surface area contributed by atoms with Gasteiger partial charge < -0.3 is 15.3 Å². The smallest absolute Gasteiger partial charge is 0.416 e. The molecule has 0 aromatic heterocycles. The van der Waals surface area contributed by atoms with Gasteiger partial charge in [-0.1, -0.05) is 0 Å². The summed E-state index contributed by atoms with van der Waals surface area (Å²) >= 11 is 0. The van der Waals surface area contributed by atoms with E-state index < -0.39 is 40.3 Å². The number of amides is 2.